The first-order valence-electron chi connectivity index (χ1n) is 5.83. The minimum atomic E-state index is -4.01. The molecule has 0 heterocycles. The van der Waals surface area contributed by atoms with E-state index in [0.717, 1.165) is 5.56 Å². The van der Waals surface area contributed by atoms with Crippen molar-refractivity contribution in [1.29, 1.82) is 0 Å². The van der Waals surface area contributed by atoms with Crippen molar-refractivity contribution in [2.45, 2.75) is 24.7 Å². The Morgan fingerprint density at radius 3 is 2.53 bits per heavy atom. The van der Waals surface area contributed by atoms with Crippen molar-refractivity contribution < 1.29 is 15.3 Å². The van der Waals surface area contributed by atoms with Crippen molar-refractivity contribution in [3.05, 3.63) is 29.8 Å². The lowest BCUT2D eigenvalue weighted by Gasteiger charge is -2.04. The first kappa shape index (κ1) is 8.30. The summed E-state index contributed by atoms with van der Waals surface area (Å²) in [7, 11) is -4.01. The molecule has 0 amide bonds. The number of rotatable bonds is 4. The van der Waals surface area contributed by atoms with Gasteiger partial charge in [0.15, 0.2) is 0 Å². The monoisotopic (exact) mass is 228 g/mol. The van der Waals surface area contributed by atoms with Crippen molar-refractivity contribution in [2.24, 2.45) is 5.92 Å². The van der Waals surface area contributed by atoms with Gasteiger partial charge >= 0.3 is 0 Å². The Hall–Kier alpha value is -0.870. The molecule has 0 atom stereocenters. The number of hydrogen-bond acceptors (Lipinski definition) is 3. The Balaban J connectivity index is 2.21. The molecule has 0 aromatic heterocycles. The van der Waals surface area contributed by atoms with Gasteiger partial charge in [-0.05, 0) is 37.8 Å². The second kappa shape index (κ2) is 3.94. The highest BCUT2D eigenvalue weighted by Crippen LogP contribution is 2.30. The van der Waals surface area contributed by atoms with Gasteiger partial charge in [0, 0.05) is 0 Å². The van der Waals surface area contributed by atoms with Gasteiger partial charge in [-0.25, -0.2) is 0 Å². The fraction of sp³-hybridized carbons (Fsp3) is 0.455. The summed E-state index contributed by atoms with van der Waals surface area (Å²) in [4.78, 5) is -0.00683. The van der Waals surface area contributed by atoms with E-state index in [-0.39, 0.29) is 10.8 Å². The summed E-state index contributed by atoms with van der Waals surface area (Å²) in [5.41, 5.74) is 0.939. The maximum atomic E-state index is 11.8. The molecule has 15 heavy (non-hydrogen) atoms. The summed E-state index contributed by atoms with van der Waals surface area (Å²) in [5, 5.41) is 0. The van der Waals surface area contributed by atoms with Crippen molar-refractivity contribution in [1.82, 2.24) is 0 Å². The summed E-state index contributed by atoms with van der Waals surface area (Å²) in [6.45, 7) is -0.246. The van der Waals surface area contributed by atoms with Gasteiger partial charge in [0.2, 0.25) is 0 Å². The van der Waals surface area contributed by atoms with E-state index in [1.807, 2.05) is 6.92 Å². The predicted octanol–water partition coefficient (Wildman–Crippen LogP) is 2.11. The average molecular weight is 228 g/mol. The van der Waals surface area contributed by atoms with Gasteiger partial charge in [0.05, 0.1) is 14.2 Å². The molecule has 1 aliphatic carbocycles. The lowest BCUT2D eigenvalue weighted by molar-refractivity contribution is 0.302. The van der Waals surface area contributed by atoms with Crippen LogP contribution >= 0.6 is 0 Å². The van der Waals surface area contributed by atoms with Crippen LogP contribution in [-0.4, -0.2) is 15.0 Å². The maximum absolute atomic E-state index is 11.8. The summed E-state index contributed by atoms with van der Waals surface area (Å²) >= 11 is 0. The third-order valence-electron chi connectivity index (χ3n) is 2.21. The molecule has 1 aromatic carbocycles. The molecule has 1 aliphatic rings. The van der Waals surface area contributed by atoms with Crippen LogP contribution < -0.4 is 0 Å². The molecule has 0 saturated heterocycles. The zero-order chi connectivity index (χ0) is 12.7. The van der Waals surface area contributed by atoms with E-state index >= 15 is 0 Å². The van der Waals surface area contributed by atoms with Crippen LogP contribution in [0.25, 0.3) is 0 Å². The largest absolute Gasteiger partial charge is 0.296 e. The van der Waals surface area contributed by atoms with Crippen molar-refractivity contribution in [2.75, 3.05) is 6.56 Å². The van der Waals surface area contributed by atoms with Gasteiger partial charge in [0.1, 0.15) is 0 Å². The molecule has 3 nitrogen and oxygen atoms in total. The zero-order valence-corrected chi connectivity index (χ0v) is 9.25. The second-order valence-corrected chi connectivity index (χ2v) is 5.29. The quantitative estimate of drug-likeness (QED) is 0.741. The van der Waals surface area contributed by atoms with Crippen LogP contribution in [-0.2, 0) is 14.3 Å². The highest BCUT2D eigenvalue weighted by Gasteiger charge is 2.25. The molecule has 4 heteroatoms. The Morgan fingerprint density at radius 1 is 1.40 bits per heavy atom. The molecular formula is C11H14O3S. The Bertz CT molecular complexity index is 504. The molecule has 1 saturated carbocycles. The first-order valence-corrected chi connectivity index (χ1v) is 6.24. The van der Waals surface area contributed by atoms with E-state index in [1.165, 1.54) is 12.1 Å². The molecule has 0 radical (unpaired) electrons. The van der Waals surface area contributed by atoms with E-state index in [0.29, 0.717) is 12.8 Å². The van der Waals surface area contributed by atoms with Crippen LogP contribution in [0.5, 0.6) is 0 Å². The van der Waals surface area contributed by atoms with Crippen LogP contribution in [0, 0.1) is 12.8 Å². The molecule has 0 aliphatic heterocycles. The molecular weight excluding hydrogens is 212 g/mol. The van der Waals surface area contributed by atoms with Crippen LogP contribution in [0.15, 0.2) is 29.2 Å². The predicted molar refractivity (Wildman–Crippen MR) is 57.0 cm³/mol. The molecule has 0 spiro atoms. The van der Waals surface area contributed by atoms with Crippen molar-refractivity contribution in [3.63, 3.8) is 0 Å². The Kier molecular flexibility index (Phi) is 2.18. The molecule has 0 N–H and O–H groups in total. The van der Waals surface area contributed by atoms with E-state index < -0.39 is 16.7 Å². The number of aryl methyl sites for hydroxylation is 1. The Labute approximate surface area is 93.0 Å². The van der Waals surface area contributed by atoms with Crippen LogP contribution in [0.2, 0.25) is 0 Å². The highest BCUT2D eigenvalue weighted by molar-refractivity contribution is 7.86. The average Bonchev–Trinajstić information content (AvgIpc) is 2.99. The van der Waals surface area contributed by atoms with E-state index in [2.05, 4.69) is 4.18 Å². The van der Waals surface area contributed by atoms with Gasteiger partial charge in [-0.3, -0.25) is 4.18 Å². The smallest absolute Gasteiger partial charge is 0.266 e. The topological polar surface area (TPSA) is 43.4 Å². The van der Waals surface area contributed by atoms with Gasteiger partial charge in [-0.2, -0.15) is 8.42 Å². The van der Waals surface area contributed by atoms with Crippen molar-refractivity contribution in [3.8, 4) is 0 Å². The molecule has 82 valence electrons. The van der Waals surface area contributed by atoms with E-state index in [9.17, 15) is 8.42 Å². The maximum Gasteiger partial charge on any atom is 0.296 e. The fourth-order valence-corrected chi connectivity index (χ4v) is 1.91. The molecule has 0 bridgehead atoms. The first-order chi connectivity index (χ1) is 7.81. The van der Waals surface area contributed by atoms with E-state index in [1.54, 1.807) is 12.1 Å². The molecule has 1 fully saturated rings. The van der Waals surface area contributed by atoms with Crippen LogP contribution in [0.3, 0.4) is 0 Å². The SMILES string of the molecule is [2H]C([2H])(OS(=O)(=O)c1ccc(C)cc1)C1CC1. The third-order valence-corrected chi connectivity index (χ3v) is 3.38. The van der Waals surface area contributed by atoms with Gasteiger partial charge < -0.3 is 0 Å². The summed E-state index contributed by atoms with van der Waals surface area (Å²) in [6, 6.07) is 6.16. The van der Waals surface area contributed by atoms with E-state index in [4.69, 9.17) is 2.74 Å². The lowest BCUT2D eigenvalue weighted by Crippen LogP contribution is -2.08. The van der Waals surface area contributed by atoms with Crippen LogP contribution in [0.4, 0.5) is 0 Å². The van der Waals surface area contributed by atoms with Crippen LogP contribution in [0.1, 0.15) is 21.1 Å². The highest BCUT2D eigenvalue weighted by atomic mass is 32.2. The molecule has 1 aromatic rings. The molecule has 2 rings (SSSR count). The summed E-state index contributed by atoms with van der Waals surface area (Å²) in [6.07, 6.45) is 1.35. The summed E-state index contributed by atoms with van der Waals surface area (Å²) in [5.74, 6) is -0.303. The van der Waals surface area contributed by atoms with Crippen molar-refractivity contribution >= 4 is 10.1 Å². The number of hydrogen-bond donors (Lipinski definition) is 0. The normalized spacial score (nSPS) is 19.5. The van der Waals surface area contributed by atoms with Gasteiger partial charge in [0.25, 0.3) is 10.1 Å². The van der Waals surface area contributed by atoms with Gasteiger partial charge in [-0.15, -0.1) is 0 Å². The Morgan fingerprint density at radius 2 is 2.00 bits per heavy atom. The minimum absolute atomic E-state index is 0.00683. The zero-order valence-electron chi connectivity index (χ0n) is 10.4. The summed E-state index contributed by atoms with van der Waals surface area (Å²) < 4.78 is 43.5. The minimum Gasteiger partial charge on any atom is -0.266 e. The lowest BCUT2D eigenvalue weighted by atomic mass is 10.2. The molecule has 0 unspecified atom stereocenters. The fourth-order valence-electron chi connectivity index (χ4n) is 1.09. The van der Waals surface area contributed by atoms with Gasteiger partial charge in [-0.1, -0.05) is 17.7 Å². The second-order valence-electron chi connectivity index (χ2n) is 3.74. The third kappa shape index (κ3) is 2.79. The standard InChI is InChI=1S/C11H14O3S/c1-9-2-6-11(7-3-9)15(12,13)14-8-10-4-5-10/h2-3,6-7,10H,4-5,8H2,1H3/i8D2. The number of benzene rings is 1.